The van der Waals surface area contributed by atoms with Crippen LogP contribution in [0.4, 0.5) is 0 Å². The van der Waals surface area contributed by atoms with Gasteiger partial charge in [-0.2, -0.15) is 0 Å². The van der Waals surface area contributed by atoms with Gasteiger partial charge in [0.05, 0.1) is 0 Å². The predicted octanol–water partition coefficient (Wildman–Crippen LogP) is 1.13. The van der Waals surface area contributed by atoms with Crippen LogP contribution in [0.5, 0.6) is 0 Å². The molecule has 0 fully saturated rings. The van der Waals surface area contributed by atoms with E-state index in [0.29, 0.717) is 24.5 Å². The Hall–Kier alpha value is -1.51. The number of nitrogens with zero attached hydrogens (tertiary/aromatic N) is 3. The van der Waals surface area contributed by atoms with Crippen LogP contribution in [-0.2, 0) is 12.8 Å². The van der Waals surface area contributed by atoms with E-state index in [1.165, 1.54) is 0 Å². The molecule has 0 aliphatic rings. The van der Waals surface area contributed by atoms with Gasteiger partial charge >= 0.3 is 0 Å². The molecule has 0 saturated heterocycles. The zero-order chi connectivity index (χ0) is 8.81. The van der Waals surface area contributed by atoms with Crippen LogP contribution in [0.3, 0.4) is 0 Å². The molecule has 0 aliphatic carbocycles. The number of rotatable bonds is 4. The fraction of sp³-hybridized carbons (Fsp3) is 0.222. The van der Waals surface area contributed by atoms with Crippen molar-refractivity contribution in [3.8, 4) is 0 Å². The van der Waals surface area contributed by atoms with Gasteiger partial charge in [-0.3, -0.25) is 0 Å². The van der Waals surface area contributed by atoms with Gasteiger partial charge in [-0.05, 0) is 0 Å². The molecule has 1 rings (SSSR count). The average molecular weight is 160 g/mol. The molecule has 0 aromatic carbocycles. The maximum absolute atomic E-state index is 4.16. The second-order valence-electron chi connectivity index (χ2n) is 2.25. The molecule has 12 heavy (non-hydrogen) atoms. The van der Waals surface area contributed by atoms with E-state index in [1.54, 1.807) is 12.2 Å². The van der Waals surface area contributed by atoms with Crippen LogP contribution in [0.1, 0.15) is 11.6 Å². The summed E-state index contributed by atoms with van der Waals surface area (Å²) in [4.78, 5) is 11.9. The Morgan fingerprint density at radius 3 is 2.00 bits per heavy atom. The number of hydrogen-bond donors (Lipinski definition) is 0. The van der Waals surface area contributed by atoms with Gasteiger partial charge in [0.2, 0.25) is 6.33 Å². The van der Waals surface area contributed by atoms with E-state index in [9.17, 15) is 0 Å². The molecule has 1 heterocycles. The Labute approximate surface area is 71.9 Å². The average Bonchev–Trinajstić information content (AvgIpc) is 2.06. The van der Waals surface area contributed by atoms with Gasteiger partial charge < -0.3 is 0 Å². The Morgan fingerprint density at radius 2 is 1.58 bits per heavy atom. The van der Waals surface area contributed by atoms with Crippen molar-refractivity contribution in [1.82, 2.24) is 15.0 Å². The summed E-state index contributed by atoms with van der Waals surface area (Å²) in [5.74, 6) is 1.41. The summed E-state index contributed by atoms with van der Waals surface area (Å²) >= 11 is 0. The first-order valence-corrected chi connectivity index (χ1v) is 3.68. The zero-order valence-corrected chi connectivity index (χ0v) is 6.82. The summed E-state index contributed by atoms with van der Waals surface area (Å²) in [6.45, 7) is 7.19. The second-order valence-corrected chi connectivity index (χ2v) is 2.25. The molecule has 0 saturated carbocycles. The Balaban J connectivity index is 2.79. The Morgan fingerprint density at radius 1 is 1.08 bits per heavy atom. The monoisotopic (exact) mass is 160 g/mol. The number of allylic oxidation sites excluding steroid dienone is 2. The van der Waals surface area contributed by atoms with Gasteiger partial charge in [-0.15, -0.1) is 13.2 Å². The molecule has 1 radical (unpaired) electrons. The molecule has 0 N–H and O–H groups in total. The summed E-state index contributed by atoms with van der Waals surface area (Å²) in [5, 5.41) is 0. The highest BCUT2D eigenvalue weighted by molar-refractivity contribution is 4.97. The van der Waals surface area contributed by atoms with Crippen LogP contribution in [0, 0.1) is 6.33 Å². The van der Waals surface area contributed by atoms with Gasteiger partial charge in [0.15, 0.2) is 0 Å². The SMILES string of the molecule is C=CCc1n[c]nc(CC=C)n1. The zero-order valence-electron chi connectivity index (χ0n) is 6.82. The molecule has 0 atom stereocenters. The molecule has 0 aliphatic heterocycles. The minimum Gasteiger partial charge on any atom is -0.217 e. The van der Waals surface area contributed by atoms with Gasteiger partial charge in [0.25, 0.3) is 0 Å². The third kappa shape index (κ3) is 2.27. The first-order chi connectivity index (χ1) is 5.86. The molecule has 0 amide bonds. The lowest BCUT2D eigenvalue weighted by Gasteiger charge is -1.96. The smallest absolute Gasteiger partial charge is 0.201 e. The van der Waals surface area contributed by atoms with Crippen molar-refractivity contribution in [3.05, 3.63) is 43.3 Å². The lowest BCUT2D eigenvalue weighted by Crippen LogP contribution is -2.00. The molecule has 3 heteroatoms. The molecule has 0 bridgehead atoms. The standard InChI is InChI=1S/C9H10N3/c1-3-5-8-10-7-11-9(12-8)6-4-2/h3-4H,1-2,5-6H2. The van der Waals surface area contributed by atoms with E-state index < -0.39 is 0 Å². The third-order valence-corrected chi connectivity index (χ3v) is 1.27. The van der Waals surface area contributed by atoms with Crippen molar-refractivity contribution >= 4 is 0 Å². The van der Waals surface area contributed by atoms with Crippen LogP contribution in [0.25, 0.3) is 0 Å². The van der Waals surface area contributed by atoms with Gasteiger partial charge in [-0.25, -0.2) is 15.0 Å². The Bertz CT molecular complexity index is 256. The molecular formula is C9H10N3. The summed E-state index contributed by atoms with van der Waals surface area (Å²) < 4.78 is 0. The minimum atomic E-state index is 0.656. The van der Waals surface area contributed by atoms with Crippen molar-refractivity contribution in [2.24, 2.45) is 0 Å². The van der Waals surface area contributed by atoms with Crippen LogP contribution >= 0.6 is 0 Å². The van der Waals surface area contributed by atoms with Crippen molar-refractivity contribution in [3.63, 3.8) is 0 Å². The number of hydrogen-bond acceptors (Lipinski definition) is 3. The molecule has 0 spiro atoms. The van der Waals surface area contributed by atoms with E-state index in [1.807, 2.05) is 0 Å². The maximum atomic E-state index is 4.16. The van der Waals surface area contributed by atoms with Crippen molar-refractivity contribution in [2.45, 2.75) is 12.8 Å². The molecule has 1 aromatic heterocycles. The predicted molar refractivity (Wildman–Crippen MR) is 46.5 cm³/mol. The number of aromatic nitrogens is 3. The highest BCUT2D eigenvalue weighted by Crippen LogP contribution is 1.94. The quantitative estimate of drug-likeness (QED) is 0.620. The first kappa shape index (κ1) is 8.59. The molecule has 1 aromatic rings. The second kappa shape index (κ2) is 4.38. The summed E-state index contributed by atoms with van der Waals surface area (Å²) in [7, 11) is 0. The van der Waals surface area contributed by atoms with Gasteiger partial charge in [-0.1, -0.05) is 12.2 Å². The van der Waals surface area contributed by atoms with Crippen molar-refractivity contribution in [2.75, 3.05) is 0 Å². The van der Waals surface area contributed by atoms with E-state index in [-0.39, 0.29) is 0 Å². The first-order valence-electron chi connectivity index (χ1n) is 3.68. The van der Waals surface area contributed by atoms with Crippen molar-refractivity contribution in [1.29, 1.82) is 0 Å². The molecular weight excluding hydrogens is 150 g/mol. The molecule has 3 nitrogen and oxygen atoms in total. The maximum Gasteiger partial charge on any atom is 0.201 e. The minimum absolute atomic E-state index is 0.656. The van der Waals surface area contributed by atoms with E-state index in [2.05, 4.69) is 34.4 Å². The summed E-state index contributed by atoms with van der Waals surface area (Å²) in [5.41, 5.74) is 0. The highest BCUT2D eigenvalue weighted by atomic mass is 15.0. The Kier molecular flexibility index (Phi) is 3.14. The normalized spacial score (nSPS) is 9.33. The van der Waals surface area contributed by atoms with E-state index >= 15 is 0 Å². The lowest BCUT2D eigenvalue weighted by molar-refractivity contribution is 0.858. The topological polar surface area (TPSA) is 38.7 Å². The van der Waals surface area contributed by atoms with Gasteiger partial charge in [0.1, 0.15) is 11.6 Å². The van der Waals surface area contributed by atoms with Crippen LogP contribution < -0.4 is 0 Å². The largest absolute Gasteiger partial charge is 0.217 e. The summed E-state index contributed by atoms with van der Waals surface area (Å²) in [6.07, 6.45) is 7.35. The third-order valence-electron chi connectivity index (χ3n) is 1.27. The van der Waals surface area contributed by atoms with E-state index in [0.717, 1.165) is 0 Å². The van der Waals surface area contributed by atoms with Crippen LogP contribution in [0.2, 0.25) is 0 Å². The fourth-order valence-corrected chi connectivity index (χ4v) is 0.780. The van der Waals surface area contributed by atoms with E-state index in [4.69, 9.17) is 0 Å². The van der Waals surface area contributed by atoms with Crippen LogP contribution in [-0.4, -0.2) is 15.0 Å². The highest BCUT2D eigenvalue weighted by Gasteiger charge is 1.96. The van der Waals surface area contributed by atoms with Crippen molar-refractivity contribution < 1.29 is 0 Å². The fourth-order valence-electron chi connectivity index (χ4n) is 0.780. The lowest BCUT2D eigenvalue weighted by atomic mass is 10.3. The van der Waals surface area contributed by atoms with Gasteiger partial charge in [0, 0.05) is 12.8 Å². The molecule has 0 unspecified atom stereocenters. The van der Waals surface area contributed by atoms with Crippen LogP contribution in [0.15, 0.2) is 25.3 Å². The summed E-state index contributed by atoms with van der Waals surface area (Å²) in [6, 6.07) is 0. The molecule has 61 valence electrons.